The Morgan fingerprint density at radius 2 is 2.10 bits per heavy atom. The third kappa shape index (κ3) is 3.70. The largest absolute Gasteiger partial charge is 0.488 e. The zero-order valence-corrected chi connectivity index (χ0v) is 15.3. The number of carbonyl (C=O) groups is 1. The summed E-state index contributed by atoms with van der Waals surface area (Å²) < 4.78 is 7.72. The molecule has 2 rings (SSSR count). The minimum absolute atomic E-state index is 0.237. The van der Waals surface area contributed by atoms with Crippen molar-refractivity contribution < 1.29 is 9.53 Å². The molecular formula is C13H10I2N2O2S. The number of carbonyl (C=O) groups excluding carboxylic acids is 1. The molecule has 0 atom stereocenters. The molecule has 0 radical (unpaired) electrons. The number of hydrogen-bond donors (Lipinski definition) is 2. The molecule has 7 heteroatoms. The van der Waals surface area contributed by atoms with Crippen LogP contribution in [0.15, 0.2) is 30.5 Å². The van der Waals surface area contributed by atoms with Gasteiger partial charge < -0.3 is 10.1 Å². The first-order chi connectivity index (χ1) is 9.51. The summed E-state index contributed by atoms with van der Waals surface area (Å²) in [6, 6.07) is 3.96. The van der Waals surface area contributed by atoms with Crippen molar-refractivity contribution in [2.24, 2.45) is 0 Å². The highest BCUT2D eigenvalue weighted by Gasteiger charge is 2.21. The van der Waals surface area contributed by atoms with Gasteiger partial charge in [-0.15, -0.1) is 0 Å². The Hall–Kier alpha value is -0.680. The van der Waals surface area contributed by atoms with E-state index in [1.165, 1.54) is 0 Å². The van der Waals surface area contributed by atoms with Crippen LogP contribution in [-0.2, 0) is 4.79 Å². The van der Waals surface area contributed by atoms with Gasteiger partial charge in [-0.2, -0.15) is 0 Å². The standard InChI is InChI=1S/C13H10I2N2O2S/c1-2-3-19-11-7(4-8(14)6-9(11)15)5-10-12(18)17-13(20)16-10/h2,4-6H,1,3H2,(H2,16,17,18,20)/b10-5-. The van der Waals surface area contributed by atoms with Crippen LogP contribution in [0.3, 0.4) is 0 Å². The summed E-state index contributed by atoms with van der Waals surface area (Å²) in [5.74, 6) is 0.490. The van der Waals surface area contributed by atoms with Crippen LogP contribution in [0.2, 0.25) is 0 Å². The smallest absolute Gasteiger partial charge is 0.273 e. The van der Waals surface area contributed by atoms with Crippen LogP contribution in [0, 0.1) is 7.14 Å². The maximum absolute atomic E-state index is 11.7. The number of hydrogen-bond acceptors (Lipinski definition) is 3. The molecule has 104 valence electrons. The van der Waals surface area contributed by atoms with Crippen molar-refractivity contribution in [3.63, 3.8) is 0 Å². The van der Waals surface area contributed by atoms with Crippen LogP contribution in [-0.4, -0.2) is 17.6 Å². The molecule has 1 heterocycles. The normalized spacial score (nSPS) is 16.0. The Kier molecular flexibility index (Phi) is 5.38. The highest BCUT2D eigenvalue weighted by molar-refractivity contribution is 14.1. The highest BCUT2D eigenvalue weighted by atomic mass is 127. The van der Waals surface area contributed by atoms with Gasteiger partial charge >= 0.3 is 0 Å². The predicted octanol–water partition coefficient (Wildman–Crippen LogP) is 2.81. The van der Waals surface area contributed by atoms with Crippen molar-refractivity contribution in [3.8, 4) is 5.75 Å². The van der Waals surface area contributed by atoms with Crippen LogP contribution in [0.5, 0.6) is 5.75 Å². The molecular weight excluding hydrogens is 502 g/mol. The molecule has 1 aromatic carbocycles. The van der Waals surface area contributed by atoms with Crippen LogP contribution in [0.25, 0.3) is 6.08 Å². The molecule has 0 saturated carbocycles. The molecule has 2 N–H and O–H groups in total. The second kappa shape index (κ2) is 6.85. The van der Waals surface area contributed by atoms with E-state index in [9.17, 15) is 4.79 Å². The summed E-state index contributed by atoms with van der Waals surface area (Å²) in [6.07, 6.45) is 3.41. The minimum Gasteiger partial charge on any atom is -0.488 e. The van der Waals surface area contributed by atoms with E-state index in [0.717, 1.165) is 18.5 Å². The van der Waals surface area contributed by atoms with Crippen molar-refractivity contribution in [2.75, 3.05) is 6.61 Å². The fourth-order valence-electron chi connectivity index (χ4n) is 1.62. The van der Waals surface area contributed by atoms with E-state index in [0.29, 0.717) is 17.4 Å². The van der Waals surface area contributed by atoms with E-state index in [4.69, 9.17) is 17.0 Å². The van der Waals surface area contributed by atoms with Crippen LogP contribution < -0.4 is 15.4 Å². The van der Waals surface area contributed by atoms with E-state index in [1.807, 2.05) is 12.1 Å². The second-order valence-electron chi connectivity index (χ2n) is 3.87. The molecule has 0 aliphatic carbocycles. The maximum Gasteiger partial charge on any atom is 0.273 e. The van der Waals surface area contributed by atoms with Crippen molar-refractivity contribution in [1.29, 1.82) is 0 Å². The Morgan fingerprint density at radius 1 is 1.35 bits per heavy atom. The first kappa shape index (κ1) is 15.7. The first-order valence-corrected chi connectivity index (χ1v) is 8.14. The lowest BCUT2D eigenvalue weighted by atomic mass is 10.1. The Morgan fingerprint density at radius 3 is 2.70 bits per heavy atom. The Labute approximate surface area is 149 Å². The van der Waals surface area contributed by atoms with Crippen LogP contribution in [0.4, 0.5) is 0 Å². The quantitative estimate of drug-likeness (QED) is 0.282. The topological polar surface area (TPSA) is 50.4 Å². The molecule has 20 heavy (non-hydrogen) atoms. The lowest BCUT2D eigenvalue weighted by Crippen LogP contribution is -2.21. The molecule has 1 aromatic rings. The average Bonchev–Trinajstić information content (AvgIpc) is 2.66. The minimum atomic E-state index is -0.237. The fraction of sp³-hybridized carbons (Fsp3) is 0.0769. The Bertz CT molecular complexity index is 629. The summed E-state index contributed by atoms with van der Waals surface area (Å²) in [5, 5.41) is 5.67. The predicted molar refractivity (Wildman–Crippen MR) is 99.4 cm³/mol. The van der Waals surface area contributed by atoms with Gasteiger partial charge in [0.05, 0.1) is 3.57 Å². The fourth-order valence-corrected chi connectivity index (χ4v) is 3.87. The lowest BCUT2D eigenvalue weighted by molar-refractivity contribution is -0.115. The van der Waals surface area contributed by atoms with E-state index >= 15 is 0 Å². The zero-order valence-electron chi connectivity index (χ0n) is 10.2. The molecule has 4 nitrogen and oxygen atoms in total. The lowest BCUT2D eigenvalue weighted by Gasteiger charge is -2.11. The summed E-state index contributed by atoms with van der Waals surface area (Å²) >= 11 is 9.34. The number of benzene rings is 1. The molecule has 0 spiro atoms. The number of amides is 1. The van der Waals surface area contributed by atoms with Gasteiger partial charge in [-0.25, -0.2) is 0 Å². The zero-order chi connectivity index (χ0) is 14.7. The van der Waals surface area contributed by atoms with E-state index in [-0.39, 0.29) is 5.91 Å². The van der Waals surface area contributed by atoms with Gasteiger partial charge in [-0.1, -0.05) is 12.7 Å². The van der Waals surface area contributed by atoms with Crippen LogP contribution >= 0.6 is 57.4 Å². The SMILES string of the molecule is C=CCOc1c(I)cc(I)cc1/C=C1\NC(=S)NC1=O. The second-order valence-corrected chi connectivity index (χ2v) is 6.69. The number of ether oxygens (including phenoxy) is 1. The number of nitrogens with one attached hydrogen (secondary N) is 2. The number of halogens is 2. The van der Waals surface area contributed by atoms with Gasteiger partial charge in [0.25, 0.3) is 5.91 Å². The molecule has 0 aromatic heterocycles. The van der Waals surface area contributed by atoms with E-state index in [1.54, 1.807) is 12.2 Å². The maximum atomic E-state index is 11.7. The highest BCUT2D eigenvalue weighted by Crippen LogP contribution is 2.30. The monoisotopic (exact) mass is 512 g/mol. The van der Waals surface area contributed by atoms with Crippen molar-refractivity contribution in [3.05, 3.63) is 43.2 Å². The number of thiocarbonyl (C=S) groups is 1. The third-order valence-electron chi connectivity index (χ3n) is 2.40. The number of rotatable bonds is 4. The van der Waals surface area contributed by atoms with Crippen LogP contribution in [0.1, 0.15) is 5.56 Å². The third-order valence-corrected chi connectivity index (χ3v) is 4.03. The average molecular weight is 512 g/mol. The van der Waals surface area contributed by atoms with Gasteiger partial charge in [0.1, 0.15) is 18.1 Å². The van der Waals surface area contributed by atoms with Crippen molar-refractivity contribution >= 4 is 74.5 Å². The summed E-state index contributed by atoms with van der Waals surface area (Å²) in [7, 11) is 0. The molecule has 1 fully saturated rings. The molecule has 1 saturated heterocycles. The van der Waals surface area contributed by atoms with Crippen molar-refractivity contribution in [2.45, 2.75) is 0 Å². The molecule has 0 bridgehead atoms. The van der Waals surface area contributed by atoms with Gasteiger partial charge in [0.2, 0.25) is 0 Å². The summed E-state index contributed by atoms with van der Waals surface area (Å²) in [4.78, 5) is 11.7. The van der Waals surface area contributed by atoms with E-state index in [2.05, 4.69) is 62.4 Å². The Balaban J connectivity index is 2.44. The summed E-state index contributed by atoms with van der Waals surface area (Å²) in [6.45, 7) is 4.05. The molecule has 0 unspecified atom stereocenters. The van der Waals surface area contributed by atoms with Gasteiger partial charge in [0.15, 0.2) is 5.11 Å². The van der Waals surface area contributed by atoms with Gasteiger partial charge in [-0.3, -0.25) is 10.1 Å². The van der Waals surface area contributed by atoms with Gasteiger partial charge in [0, 0.05) is 9.13 Å². The molecule has 1 amide bonds. The van der Waals surface area contributed by atoms with Crippen molar-refractivity contribution in [1.82, 2.24) is 10.6 Å². The van der Waals surface area contributed by atoms with E-state index < -0.39 is 0 Å². The molecule has 1 aliphatic rings. The van der Waals surface area contributed by atoms with Gasteiger partial charge in [-0.05, 0) is 75.6 Å². The molecule has 1 aliphatic heterocycles. The first-order valence-electron chi connectivity index (χ1n) is 5.58. The summed E-state index contributed by atoms with van der Waals surface area (Å²) in [5.41, 5.74) is 1.24.